The molecule has 0 atom stereocenters. The van der Waals surface area contributed by atoms with E-state index in [1.165, 1.54) is 6.29 Å². The van der Waals surface area contributed by atoms with Gasteiger partial charge in [-0.3, -0.25) is 14.9 Å². The minimum Gasteiger partial charge on any atom is -0.307 e. The quantitative estimate of drug-likeness (QED) is 0.483. The summed E-state index contributed by atoms with van der Waals surface area (Å²) in [6.07, 6.45) is 1.52. The lowest BCUT2D eigenvalue weighted by Crippen LogP contribution is -2.29. The highest BCUT2D eigenvalue weighted by Gasteiger charge is 2.25. The summed E-state index contributed by atoms with van der Waals surface area (Å²) in [5.74, 6) is -0.375. The SMILES string of the molecule is O=[C]CN1CC(=O)NC1=O. The molecule has 0 unspecified atom stereocenters. The van der Waals surface area contributed by atoms with Crippen LogP contribution in [0.25, 0.3) is 0 Å². The van der Waals surface area contributed by atoms with E-state index in [1.807, 2.05) is 5.32 Å². The van der Waals surface area contributed by atoms with Gasteiger partial charge in [-0.05, 0) is 0 Å². The van der Waals surface area contributed by atoms with Crippen molar-refractivity contribution in [3.8, 4) is 0 Å². The maximum atomic E-state index is 10.6. The number of amides is 3. The van der Waals surface area contributed by atoms with Crippen molar-refractivity contribution in [3.63, 3.8) is 0 Å². The summed E-state index contributed by atoms with van der Waals surface area (Å²) >= 11 is 0. The standard InChI is InChI=1S/C5H5N2O3/c8-2-1-7-3-4(9)6-5(7)10/h1,3H2,(H,6,9,10). The second-order valence-electron chi connectivity index (χ2n) is 1.85. The summed E-state index contributed by atoms with van der Waals surface area (Å²) in [4.78, 5) is 31.9. The maximum Gasteiger partial charge on any atom is 0.324 e. The van der Waals surface area contributed by atoms with Crippen LogP contribution in [0.2, 0.25) is 0 Å². The number of hydrogen-bond donors (Lipinski definition) is 1. The highest BCUT2D eigenvalue weighted by atomic mass is 16.2. The van der Waals surface area contributed by atoms with E-state index in [0.717, 1.165) is 4.90 Å². The summed E-state index contributed by atoms with van der Waals surface area (Å²) < 4.78 is 0. The number of nitrogens with one attached hydrogen (secondary N) is 1. The zero-order chi connectivity index (χ0) is 7.56. The van der Waals surface area contributed by atoms with Gasteiger partial charge >= 0.3 is 6.03 Å². The molecule has 1 aliphatic rings. The predicted molar refractivity (Wildman–Crippen MR) is 30.8 cm³/mol. The predicted octanol–water partition coefficient (Wildman–Crippen LogP) is -1.35. The minimum atomic E-state index is -0.520. The molecule has 5 heteroatoms. The Morgan fingerprint density at radius 3 is 2.70 bits per heavy atom. The fraction of sp³-hybridized carbons (Fsp3) is 0.400. The van der Waals surface area contributed by atoms with Crippen molar-refractivity contribution in [1.29, 1.82) is 0 Å². The highest BCUT2D eigenvalue weighted by molar-refractivity contribution is 6.02. The molecule has 0 bridgehead atoms. The van der Waals surface area contributed by atoms with Crippen LogP contribution >= 0.6 is 0 Å². The molecule has 53 valence electrons. The summed E-state index contributed by atoms with van der Waals surface area (Å²) in [5, 5.41) is 2.02. The number of carbonyl (C=O) groups is 2. The van der Waals surface area contributed by atoms with E-state index in [1.54, 1.807) is 0 Å². The summed E-state index contributed by atoms with van der Waals surface area (Å²) in [5.41, 5.74) is 0. The molecule has 5 nitrogen and oxygen atoms in total. The Bertz CT molecular complexity index is 189. The molecular formula is C5H5N2O3. The van der Waals surface area contributed by atoms with Crippen LogP contribution in [-0.4, -0.2) is 36.2 Å². The molecule has 0 spiro atoms. The first kappa shape index (κ1) is 6.73. The van der Waals surface area contributed by atoms with Gasteiger partial charge in [0, 0.05) is 0 Å². The first-order valence-electron chi connectivity index (χ1n) is 2.68. The number of imide groups is 1. The molecule has 0 aromatic heterocycles. The minimum absolute atomic E-state index is 0.0337. The van der Waals surface area contributed by atoms with E-state index < -0.39 is 6.03 Å². The van der Waals surface area contributed by atoms with Gasteiger partial charge in [-0.15, -0.1) is 0 Å². The fourth-order valence-electron chi connectivity index (χ4n) is 0.689. The number of carbonyl (C=O) groups excluding carboxylic acids is 3. The molecule has 10 heavy (non-hydrogen) atoms. The summed E-state index contributed by atoms with van der Waals surface area (Å²) in [7, 11) is 0. The number of rotatable bonds is 2. The average molecular weight is 141 g/mol. The van der Waals surface area contributed by atoms with Gasteiger partial charge in [0.15, 0.2) is 0 Å². The van der Waals surface area contributed by atoms with Crippen LogP contribution in [0.3, 0.4) is 0 Å². The van der Waals surface area contributed by atoms with E-state index in [2.05, 4.69) is 0 Å². The largest absolute Gasteiger partial charge is 0.324 e. The van der Waals surface area contributed by atoms with E-state index in [-0.39, 0.29) is 19.0 Å². The number of nitrogens with zero attached hydrogens (tertiary/aromatic N) is 1. The van der Waals surface area contributed by atoms with Crippen LogP contribution in [0.15, 0.2) is 0 Å². The second-order valence-corrected chi connectivity index (χ2v) is 1.85. The first-order valence-corrected chi connectivity index (χ1v) is 2.68. The number of urea groups is 1. The molecule has 1 rings (SSSR count). The number of hydrogen-bond acceptors (Lipinski definition) is 3. The van der Waals surface area contributed by atoms with Crippen LogP contribution in [-0.2, 0) is 9.59 Å². The van der Waals surface area contributed by atoms with Crippen LogP contribution < -0.4 is 5.32 Å². The molecule has 0 saturated carbocycles. The van der Waals surface area contributed by atoms with Gasteiger partial charge in [0.05, 0.1) is 6.54 Å². The van der Waals surface area contributed by atoms with Crippen molar-refractivity contribution in [3.05, 3.63) is 0 Å². The van der Waals surface area contributed by atoms with E-state index in [4.69, 9.17) is 0 Å². The van der Waals surface area contributed by atoms with Crippen molar-refractivity contribution in [2.75, 3.05) is 13.1 Å². The lowest BCUT2D eigenvalue weighted by Gasteiger charge is -2.05. The van der Waals surface area contributed by atoms with Crippen LogP contribution in [0, 0.1) is 0 Å². The van der Waals surface area contributed by atoms with E-state index >= 15 is 0 Å². The third-order valence-corrected chi connectivity index (χ3v) is 1.12. The normalized spacial score (nSPS) is 17.4. The zero-order valence-corrected chi connectivity index (χ0v) is 5.09. The van der Waals surface area contributed by atoms with Gasteiger partial charge < -0.3 is 4.90 Å². The molecule has 1 fully saturated rings. The van der Waals surface area contributed by atoms with E-state index in [9.17, 15) is 14.4 Å². The molecule has 0 aromatic carbocycles. The Hall–Kier alpha value is -1.39. The lowest BCUT2D eigenvalue weighted by molar-refractivity contribution is -0.118. The molecule has 1 heterocycles. The molecule has 1 aliphatic heterocycles. The molecule has 1 N–H and O–H groups in total. The summed E-state index contributed by atoms with van der Waals surface area (Å²) in [6, 6.07) is -0.520. The molecule has 0 aromatic rings. The lowest BCUT2D eigenvalue weighted by atomic mass is 10.5. The third-order valence-electron chi connectivity index (χ3n) is 1.12. The smallest absolute Gasteiger partial charge is 0.307 e. The van der Waals surface area contributed by atoms with Crippen LogP contribution in [0.1, 0.15) is 0 Å². The van der Waals surface area contributed by atoms with Gasteiger partial charge in [0.25, 0.3) is 0 Å². The van der Waals surface area contributed by atoms with Crippen LogP contribution in [0.4, 0.5) is 4.79 Å². The van der Waals surface area contributed by atoms with Crippen molar-refractivity contribution in [2.24, 2.45) is 0 Å². The molecule has 1 saturated heterocycles. The summed E-state index contributed by atoms with van der Waals surface area (Å²) in [6.45, 7) is -0.175. The van der Waals surface area contributed by atoms with Gasteiger partial charge in [0.2, 0.25) is 12.2 Å². The van der Waals surface area contributed by atoms with Crippen molar-refractivity contribution >= 4 is 18.2 Å². The van der Waals surface area contributed by atoms with Crippen molar-refractivity contribution < 1.29 is 14.4 Å². The Morgan fingerprint density at radius 1 is 1.60 bits per heavy atom. The van der Waals surface area contributed by atoms with Gasteiger partial charge in [-0.1, -0.05) is 0 Å². The molecular weight excluding hydrogens is 136 g/mol. The van der Waals surface area contributed by atoms with Gasteiger partial charge in [-0.25, -0.2) is 4.79 Å². The maximum absolute atomic E-state index is 10.6. The Labute approximate surface area is 57.0 Å². The Kier molecular flexibility index (Phi) is 1.66. The molecule has 1 radical (unpaired) electrons. The van der Waals surface area contributed by atoms with Crippen LogP contribution in [0.5, 0.6) is 0 Å². The Balaban J connectivity index is 2.54. The topological polar surface area (TPSA) is 66.5 Å². The monoisotopic (exact) mass is 141 g/mol. The molecule has 0 aliphatic carbocycles. The third kappa shape index (κ3) is 1.12. The Morgan fingerprint density at radius 2 is 2.30 bits per heavy atom. The van der Waals surface area contributed by atoms with Crippen molar-refractivity contribution in [2.45, 2.75) is 0 Å². The zero-order valence-electron chi connectivity index (χ0n) is 5.09. The second kappa shape index (κ2) is 2.47. The van der Waals surface area contributed by atoms with E-state index in [0.29, 0.717) is 0 Å². The first-order chi connectivity index (χ1) is 4.74. The van der Waals surface area contributed by atoms with Gasteiger partial charge in [-0.2, -0.15) is 0 Å². The fourth-order valence-corrected chi connectivity index (χ4v) is 0.689. The molecule has 3 amide bonds. The van der Waals surface area contributed by atoms with Crippen molar-refractivity contribution in [1.82, 2.24) is 10.2 Å². The highest BCUT2D eigenvalue weighted by Crippen LogP contribution is 1.94. The van der Waals surface area contributed by atoms with Gasteiger partial charge in [0.1, 0.15) is 6.54 Å². The average Bonchev–Trinajstić information content (AvgIpc) is 2.13.